The number of hydrogen-bond acceptors (Lipinski definition) is 3. The van der Waals surface area contributed by atoms with E-state index in [-0.39, 0.29) is 0 Å². The molecule has 0 fully saturated rings. The van der Waals surface area contributed by atoms with Gasteiger partial charge in [-0.3, -0.25) is 4.98 Å². The molecule has 0 atom stereocenters. The summed E-state index contributed by atoms with van der Waals surface area (Å²) in [6.07, 6.45) is 1.67. The Morgan fingerprint density at radius 1 is 0.905 bits per heavy atom. The fourth-order valence-corrected chi connectivity index (χ4v) is 2.37. The summed E-state index contributed by atoms with van der Waals surface area (Å²) in [6, 6.07) is 19.9. The quantitative estimate of drug-likeness (QED) is 0.786. The summed E-state index contributed by atoms with van der Waals surface area (Å²) in [4.78, 5) is 4.53. The number of rotatable bonds is 3. The average Bonchev–Trinajstić information content (AvgIpc) is 2.55. The van der Waals surface area contributed by atoms with Crippen LogP contribution in [0, 0.1) is 0 Å². The van der Waals surface area contributed by atoms with Gasteiger partial charge in [-0.1, -0.05) is 42.5 Å². The van der Waals surface area contributed by atoms with E-state index in [2.05, 4.69) is 17.1 Å². The van der Waals surface area contributed by atoms with Crippen LogP contribution in [-0.4, -0.2) is 12.1 Å². The first-order valence-corrected chi connectivity index (χ1v) is 6.74. The number of para-hydroxylation sites is 1. The molecule has 104 valence electrons. The molecule has 3 nitrogen and oxygen atoms in total. The molecule has 2 N–H and O–H groups in total. The van der Waals surface area contributed by atoms with Gasteiger partial charge >= 0.3 is 0 Å². The van der Waals surface area contributed by atoms with E-state index in [1.807, 2.05) is 48.5 Å². The van der Waals surface area contributed by atoms with Crippen molar-refractivity contribution in [1.29, 1.82) is 0 Å². The van der Waals surface area contributed by atoms with Crippen LogP contribution in [0.15, 0.2) is 66.9 Å². The number of nitrogen functional groups attached to an aromatic ring is 1. The molecule has 0 saturated heterocycles. The van der Waals surface area contributed by atoms with Gasteiger partial charge in [0.15, 0.2) is 0 Å². The topological polar surface area (TPSA) is 48.1 Å². The van der Waals surface area contributed by atoms with E-state index < -0.39 is 0 Å². The zero-order chi connectivity index (χ0) is 14.7. The maximum atomic E-state index is 5.92. The first-order valence-electron chi connectivity index (χ1n) is 6.74. The monoisotopic (exact) mass is 276 g/mol. The van der Waals surface area contributed by atoms with E-state index in [0.717, 1.165) is 28.1 Å². The number of nitrogens with two attached hydrogens (primary N) is 1. The van der Waals surface area contributed by atoms with Crippen LogP contribution in [0.3, 0.4) is 0 Å². The highest BCUT2D eigenvalue weighted by Gasteiger charge is 2.13. The van der Waals surface area contributed by atoms with Gasteiger partial charge in [0.05, 0.1) is 24.7 Å². The van der Waals surface area contributed by atoms with Crippen molar-refractivity contribution in [2.45, 2.75) is 0 Å². The van der Waals surface area contributed by atoms with Crippen LogP contribution in [0.5, 0.6) is 5.75 Å². The van der Waals surface area contributed by atoms with Crippen molar-refractivity contribution in [1.82, 2.24) is 4.98 Å². The number of aromatic nitrogens is 1. The molecule has 0 spiro atoms. The summed E-state index contributed by atoms with van der Waals surface area (Å²) in [5.41, 5.74) is 10.5. The minimum absolute atomic E-state index is 0.646. The van der Waals surface area contributed by atoms with Crippen molar-refractivity contribution in [3.05, 3.63) is 66.9 Å². The number of nitrogens with zero attached hydrogens (tertiary/aromatic N) is 1. The predicted molar refractivity (Wildman–Crippen MR) is 86.1 cm³/mol. The van der Waals surface area contributed by atoms with Crippen LogP contribution in [-0.2, 0) is 0 Å². The normalized spacial score (nSPS) is 10.3. The molecule has 3 rings (SSSR count). The van der Waals surface area contributed by atoms with Gasteiger partial charge in [0, 0.05) is 11.1 Å². The van der Waals surface area contributed by atoms with Crippen molar-refractivity contribution in [3.63, 3.8) is 0 Å². The van der Waals surface area contributed by atoms with Crippen LogP contribution in [0.4, 0.5) is 5.69 Å². The smallest absolute Gasteiger partial charge is 0.128 e. The lowest BCUT2D eigenvalue weighted by Crippen LogP contribution is -1.95. The number of anilines is 1. The van der Waals surface area contributed by atoms with Crippen molar-refractivity contribution in [2.75, 3.05) is 12.8 Å². The Labute approximate surface area is 124 Å². The molecule has 2 aromatic carbocycles. The summed E-state index contributed by atoms with van der Waals surface area (Å²) < 4.78 is 5.45. The first kappa shape index (κ1) is 13.2. The van der Waals surface area contributed by atoms with Crippen molar-refractivity contribution in [3.8, 4) is 28.1 Å². The Morgan fingerprint density at radius 3 is 2.38 bits per heavy atom. The maximum absolute atomic E-state index is 5.92. The van der Waals surface area contributed by atoms with Gasteiger partial charge in [-0.15, -0.1) is 0 Å². The molecule has 1 heterocycles. The third kappa shape index (κ3) is 2.58. The highest BCUT2D eigenvalue weighted by Crippen LogP contribution is 2.36. The summed E-state index contributed by atoms with van der Waals surface area (Å²) >= 11 is 0. The zero-order valence-electron chi connectivity index (χ0n) is 11.8. The largest absolute Gasteiger partial charge is 0.496 e. The van der Waals surface area contributed by atoms with Gasteiger partial charge in [-0.05, 0) is 23.8 Å². The van der Waals surface area contributed by atoms with Crippen molar-refractivity contribution >= 4 is 5.69 Å². The number of benzene rings is 2. The Hall–Kier alpha value is -2.81. The molecular weight excluding hydrogens is 260 g/mol. The molecule has 0 unspecified atom stereocenters. The molecule has 0 saturated carbocycles. The highest BCUT2D eigenvalue weighted by atomic mass is 16.5. The van der Waals surface area contributed by atoms with Crippen molar-refractivity contribution in [2.24, 2.45) is 0 Å². The Balaban J connectivity index is 2.24. The van der Waals surface area contributed by atoms with E-state index in [0.29, 0.717) is 5.69 Å². The van der Waals surface area contributed by atoms with Crippen LogP contribution < -0.4 is 10.5 Å². The summed E-state index contributed by atoms with van der Waals surface area (Å²) in [5, 5.41) is 0. The standard InChI is InChI=1S/C18H16N2O/c1-21-17-10-6-5-9-15(17)18-16(11-14(19)12-20-18)13-7-3-2-4-8-13/h2-12H,19H2,1H3. The van der Waals surface area contributed by atoms with Gasteiger partial charge in [0.1, 0.15) is 5.75 Å². The predicted octanol–water partition coefficient (Wildman–Crippen LogP) is 4.01. The molecular formula is C18H16N2O. The molecule has 21 heavy (non-hydrogen) atoms. The summed E-state index contributed by atoms with van der Waals surface area (Å²) in [7, 11) is 1.67. The molecule has 0 bridgehead atoms. The number of ether oxygens (including phenoxy) is 1. The molecule has 0 radical (unpaired) electrons. The second-order valence-corrected chi connectivity index (χ2v) is 4.73. The first-order chi connectivity index (χ1) is 10.3. The fraction of sp³-hybridized carbons (Fsp3) is 0.0556. The van der Waals surface area contributed by atoms with Gasteiger partial charge in [0.2, 0.25) is 0 Å². The minimum atomic E-state index is 0.646. The van der Waals surface area contributed by atoms with Gasteiger partial charge in [-0.2, -0.15) is 0 Å². The second kappa shape index (κ2) is 5.67. The van der Waals surface area contributed by atoms with Gasteiger partial charge in [-0.25, -0.2) is 0 Å². The lowest BCUT2D eigenvalue weighted by molar-refractivity contribution is 0.416. The molecule has 0 aliphatic heterocycles. The van der Waals surface area contributed by atoms with Crippen LogP contribution in [0.2, 0.25) is 0 Å². The van der Waals surface area contributed by atoms with Gasteiger partial charge < -0.3 is 10.5 Å². The van der Waals surface area contributed by atoms with E-state index in [1.54, 1.807) is 13.3 Å². The van der Waals surface area contributed by atoms with Crippen LogP contribution in [0.1, 0.15) is 0 Å². The van der Waals surface area contributed by atoms with E-state index in [9.17, 15) is 0 Å². The number of hydrogen-bond donors (Lipinski definition) is 1. The molecule has 3 aromatic rings. The van der Waals surface area contributed by atoms with E-state index in [4.69, 9.17) is 10.5 Å². The van der Waals surface area contributed by atoms with Gasteiger partial charge in [0.25, 0.3) is 0 Å². The third-order valence-corrected chi connectivity index (χ3v) is 3.36. The van der Waals surface area contributed by atoms with Crippen LogP contribution in [0.25, 0.3) is 22.4 Å². The lowest BCUT2D eigenvalue weighted by Gasteiger charge is -2.13. The Kier molecular flexibility index (Phi) is 3.56. The minimum Gasteiger partial charge on any atom is -0.496 e. The van der Waals surface area contributed by atoms with Crippen molar-refractivity contribution < 1.29 is 4.74 Å². The molecule has 0 amide bonds. The summed E-state index contributed by atoms with van der Waals surface area (Å²) in [6.45, 7) is 0. The Morgan fingerprint density at radius 2 is 1.62 bits per heavy atom. The molecule has 0 aliphatic rings. The molecule has 3 heteroatoms. The molecule has 1 aromatic heterocycles. The van der Waals surface area contributed by atoms with E-state index >= 15 is 0 Å². The van der Waals surface area contributed by atoms with Crippen LogP contribution >= 0.6 is 0 Å². The highest BCUT2D eigenvalue weighted by molar-refractivity contribution is 5.84. The number of pyridine rings is 1. The maximum Gasteiger partial charge on any atom is 0.128 e. The summed E-state index contributed by atoms with van der Waals surface area (Å²) in [5.74, 6) is 0.798. The Bertz CT molecular complexity index is 754. The molecule has 0 aliphatic carbocycles. The SMILES string of the molecule is COc1ccccc1-c1ncc(N)cc1-c1ccccc1. The second-order valence-electron chi connectivity index (χ2n) is 4.73. The fourth-order valence-electron chi connectivity index (χ4n) is 2.37. The zero-order valence-corrected chi connectivity index (χ0v) is 11.8. The third-order valence-electron chi connectivity index (χ3n) is 3.36. The number of methoxy groups -OCH3 is 1. The average molecular weight is 276 g/mol. The lowest BCUT2D eigenvalue weighted by atomic mass is 9.98. The van der Waals surface area contributed by atoms with E-state index in [1.165, 1.54) is 0 Å².